The fourth-order valence-electron chi connectivity index (χ4n) is 1.84. The molecule has 1 aromatic carbocycles. The first-order valence-electron chi connectivity index (χ1n) is 7.69. The lowest BCUT2D eigenvalue weighted by molar-refractivity contribution is 0.251. The van der Waals surface area contributed by atoms with Gasteiger partial charge in [-0.3, -0.25) is 0 Å². The summed E-state index contributed by atoms with van der Waals surface area (Å²) in [6.07, 6.45) is 2.05. The summed E-state index contributed by atoms with van der Waals surface area (Å²) in [7, 11) is 0. The molecule has 0 aliphatic heterocycles. The Morgan fingerprint density at radius 3 is 1.67 bits per heavy atom. The molecule has 0 aliphatic carbocycles. The highest BCUT2D eigenvalue weighted by atomic mass is 16.3. The van der Waals surface area contributed by atoms with E-state index < -0.39 is 0 Å². The second-order valence-corrected chi connectivity index (χ2v) is 7.80. The van der Waals surface area contributed by atoms with Crippen LogP contribution in [0.4, 0.5) is 0 Å². The minimum atomic E-state index is -0.274. The monoisotopic (exact) mass is 344 g/mol. The Hall–Kier alpha value is -1.26. The first-order chi connectivity index (χ1) is 9.92. The van der Waals surface area contributed by atoms with E-state index in [0.29, 0.717) is 17.6 Å². The summed E-state index contributed by atoms with van der Waals surface area (Å²) in [5, 5.41) is 36.2. The van der Waals surface area contributed by atoms with Gasteiger partial charge in [-0.2, -0.15) is 0 Å². The van der Waals surface area contributed by atoms with Crippen LogP contribution in [0.2, 0.25) is 0 Å². The Morgan fingerprint density at radius 1 is 0.875 bits per heavy atom. The number of phenolic OH excluding ortho intramolecular Hbond substituents is 1. The SMILES string of the molecule is C.C.CC(C)(C)CCCO.CC(C)(C)c1cc(O)c(O)c(CO)c1. The van der Waals surface area contributed by atoms with Gasteiger partial charge in [0.15, 0.2) is 11.5 Å². The van der Waals surface area contributed by atoms with Crippen LogP contribution in [-0.4, -0.2) is 27.0 Å². The van der Waals surface area contributed by atoms with E-state index in [9.17, 15) is 10.2 Å². The highest BCUT2D eigenvalue weighted by Gasteiger charge is 2.17. The average Bonchev–Trinajstić information content (AvgIpc) is 2.38. The molecule has 0 atom stereocenters. The molecule has 4 N–H and O–H groups in total. The molecule has 0 spiro atoms. The van der Waals surface area contributed by atoms with Crippen LogP contribution in [0.3, 0.4) is 0 Å². The summed E-state index contributed by atoms with van der Waals surface area (Å²) < 4.78 is 0. The maximum Gasteiger partial charge on any atom is 0.163 e. The molecule has 4 nitrogen and oxygen atoms in total. The number of benzene rings is 1. The number of aliphatic hydroxyl groups excluding tert-OH is 2. The van der Waals surface area contributed by atoms with Gasteiger partial charge in [-0.1, -0.05) is 56.4 Å². The molecule has 0 fully saturated rings. The third kappa shape index (κ3) is 10.5. The molecule has 0 bridgehead atoms. The van der Waals surface area contributed by atoms with E-state index in [1.54, 1.807) is 6.07 Å². The smallest absolute Gasteiger partial charge is 0.163 e. The highest BCUT2D eigenvalue weighted by Crippen LogP contribution is 2.34. The van der Waals surface area contributed by atoms with Crippen molar-refractivity contribution < 1.29 is 20.4 Å². The van der Waals surface area contributed by atoms with Crippen molar-refractivity contribution in [1.82, 2.24) is 0 Å². The molecule has 0 saturated heterocycles. The Labute approximate surface area is 149 Å². The van der Waals surface area contributed by atoms with Crippen molar-refractivity contribution in [2.75, 3.05) is 6.61 Å². The van der Waals surface area contributed by atoms with Crippen molar-refractivity contribution in [3.05, 3.63) is 23.3 Å². The van der Waals surface area contributed by atoms with Gasteiger partial charge < -0.3 is 20.4 Å². The summed E-state index contributed by atoms with van der Waals surface area (Å²) in [6, 6.07) is 3.23. The van der Waals surface area contributed by atoms with Crippen LogP contribution in [0.15, 0.2) is 12.1 Å². The van der Waals surface area contributed by atoms with Gasteiger partial charge in [0.1, 0.15) is 0 Å². The molecule has 0 radical (unpaired) electrons. The van der Waals surface area contributed by atoms with Crippen LogP contribution in [0.1, 0.15) is 80.4 Å². The first-order valence-corrected chi connectivity index (χ1v) is 7.69. The minimum absolute atomic E-state index is 0. The lowest BCUT2D eigenvalue weighted by Crippen LogP contribution is -2.11. The third-order valence-corrected chi connectivity index (χ3v) is 3.29. The van der Waals surface area contributed by atoms with Crippen LogP contribution in [0, 0.1) is 5.41 Å². The van der Waals surface area contributed by atoms with Gasteiger partial charge in [0.25, 0.3) is 0 Å². The molecule has 144 valence electrons. The Kier molecular flexibility index (Phi) is 13.0. The minimum Gasteiger partial charge on any atom is -0.504 e. The molecule has 0 heterocycles. The number of aromatic hydroxyl groups is 2. The van der Waals surface area contributed by atoms with Crippen molar-refractivity contribution in [1.29, 1.82) is 0 Å². The van der Waals surface area contributed by atoms with Gasteiger partial charge in [-0.05, 0) is 41.4 Å². The molecule has 1 aromatic rings. The quantitative estimate of drug-likeness (QED) is 0.584. The standard InChI is InChI=1S/C11H16O3.C7H16O.2CH4/c1-11(2,3)8-4-7(6-12)10(14)9(13)5-8;1-7(2,3)5-4-6-8;;/h4-5,12-14H,6H2,1-3H3;8H,4-6H2,1-3H3;2*1H4. The number of hydrogen-bond acceptors (Lipinski definition) is 4. The number of hydrogen-bond donors (Lipinski definition) is 4. The number of rotatable bonds is 3. The molecular weight excluding hydrogens is 304 g/mol. The van der Waals surface area contributed by atoms with Gasteiger partial charge in [0, 0.05) is 12.2 Å². The molecule has 0 saturated carbocycles. The van der Waals surface area contributed by atoms with Gasteiger partial charge in [0.05, 0.1) is 6.61 Å². The average molecular weight is 345 g/mol. The molecule has 24 heavy (non-hydrogen) atoms. The maximum absolute atomic E-state index is 9.41. The Balaban J connectivity index is -0.000000386. The lowest BCUT2D eigenvalue weighted by atomic mass is 9.86. The summed E-state index contributed by atoms with van der Waals surface area (Å²) >= 11 is 0. The van der Waals surface area contributed by atoms with Crippen molar-refractivity contribution >= 4 is 0 Å². The molecule has 0 amide bonds. The van der Waals surface area contributed by atoms with E-state index >= 15 is 0 Å². The molecule has 4 heteroatoms. The predicted molar refractivity (Wildman–Crippen MR) is 104 cm³/mol. The molecule has 0 aliphatic rings. The van der Waals surface area contributed by atoms with Crippen molar-refractivity contribution in [2.45, 2.75) is 81.3 Å². The Bertz CT molecular complexity index is 454. The van der Waals surface area contributed by atoms with Gasteiger partial charge in [-0.15, -0.1) is 0 Å². The van der Waals surface area contributed by atoms with E-state index in [2.05, 4.69) is 20.8 Å². The van der Waals surface area contributed by atoms with Gasteiger partial charge >= 0.3 is 0 Å². The zero-order valence-electron chi connectivity index (χ0n) is 14.8. The van der Waals surface area contributed by atoms with E-state index in [0.717, 1.165) is 18.4 Å². The Morgan fingerprint density at radius 2 is 1.38 bits per heavy atom. The molecule has 0 unspecified atom stereocenters. The van der Waals surface area contributed by atoms with Crippen molar-refractivity contribution in [2.24, 2.45) is 5.41 Å². The van der Waals surface area contributed by atoms with E-state index in [4.69, 9.17) is 10.2 Å². The summed E-state index contributed by atoms with van der Waals surface area (Å²) in [6.45, 7) is 12.6. The topological polar surface area (TPSA) is 80.9 Å². The van der Waals surface area contributed by atoms with Crippen molar-refractivity contribution in [3.8, 4) is 11.5 Å². The molecule has 1 rings (SSSR count). The van der Waals surface area contributed by atoms with Crippen LogP contribution in [0.5, 0.6) is 11.5 Å². The second kappa shape index (κ2) is 11.3. The van der Waals surface area contributed by atoms with Crippen LogP contribution in [0.25, 0.3) is 0 Å². The molecular formula is C20H40O4. The second-order valence-electron chi connectivity index (χ2n) is 7.80. The van der Waals surface area contributed by atoms with E-state index in [1.165, 1.54) is 6.07 Å². The summed E-state index contributed by atoms with van der Waals surface area (Å²) in [5.41, 5.74) is 1.52. The van der Waals surface area contributed by atoms with Crippen LogP contribution >= 0.6 is 0 Å². The molecule has 0 aromatic heterocycles. The maximum atomic E-state index is 9.41. The summed E-state index contributed by atoms with van der Waals surface area (Å²) in [4.78, 5) is 0. The van der Waals surface area contributed by atoms with Gasteiger partial charge in [-0.25, -0.2) is 0 Å². The third-order valence-electron chi connectivity index (χ3n) is 3.29. The fraction of sp³-hybridized carbons (Fsp3) is 0.700. The van der Waals surface area contributed by atoms with E-state index in [-0.39, 0.29) is 38.4 Å². The van der Waals surface area contributed by atoms with Crippen molar-refractivity contribution in [3.63, 3.8) is 0 Å². The van der Waals surface area contributed by atoms with Gasteiger partial charge in [0.2, 0.25) is 0 Å². The number of phenols is 2. The zero-order valence-corrected chi connectivity index (χ0v) is 14.8. The predicted octanol–water partition coefficient (Wildman–Crippen LogP) is 4.96. The summed E-state index contributed by atoms with van der Waals surface area (Å²) in [5.74, 6) is -0.415. The van der Waals surface area contributed by atoms with E-state index in [1.807, 2.05) is 20.8 Å². The lowest BCUT2D eigenvalue weighted by Gasteiger charge is -2.20. The highest BCUT2D eigenvalue weighted by molar-refractivity contribution is 5.48. The number of aliphatic hydroxyl groups is 2. The van der Waals surface area contributed by atoms with Crippen LogP contribution < -0.4 is 0 Å². The fourth-order valence-corrected chi connectivity index (χ4v) is 1.84. The zero-order chi connectivity index (χ0) is 17.6. The largest absolute Gasteiger partial charge is 0.504 e. The normalized spacial score (nSPS) is 10.8. The van der Waals surface area contributed by atoms with Crippen LogP contribution in [-0.2, 0) is 12.0 Å². The first kappa shape index (κ1) is 27.6.